The molecule has 1 aliphatic rings. The minimum atomic E-state index is -0.691. The molecule has 4 heteroatoms. The Morgan fingerprint density at radius 1 is 1.05 bits per heavy atom. The van der Waals surface area contributed by atoms with Crippen LogP contribution in [0.4, 0.5) is 0 Å². The number of unbranched alkanes of at least 4 members (excludes halogenated alkanes) is 9. The van der Waals surface area contributed by atoms with Gasteiger partial charge >= 0.3 is 5.97 Å². The Labute approximate surface area is 134 Å². The molecule has 0 spiro atoms. The molecule has 0 aromatic carbocycles. The molecular formula is C17H33NO2S. The first-order valence-electron chi connectivity index (χ1n) is 8.84. The van der Waals surface area contributed by atoms with Crippen molar-refractivity contribution in [2.45, 2.75) is 95.4 Å². The number of carboxylic acids is 1. The molecule has 1 saturated heterocycles. The molecule has 0 aromatic rings. The second kappa shape index (κ2) is 12.3. The lowest BCUT2D eigenvalue weighted by molar-refractivity contribution is -0.139. The lowest BCUT2D eigenvalue weighted by Crippen LogP contribution is -2.45. The van der Waals surface area contributed by atoms with Crippen LogP contribution in [-0.4, -0.2) is 28.2 Å². The maximum Gasteiger partial charge on any atom is 0.320 e. The molecule has 1 aliphatic heterocycles. The minimum absolute atomic E-state index is 0.320. The number of carbonyl (C=O) groups is 1. The predicted molar refractivity (Wildman–Crippen MR) is 91.9 cm³/mol. The normalized spacial score (nSPS) is 22.3. The van der Waals surface area contributed by atoms with Crippen LogP contribution in [0.2, 0.25) is 0 Å². The van der Waals surface area contributed by atoms with E-state index in [-0.39, 0.29) is 6.04 Å². The fourth-order valence-corrected chi connectivity index (χ4v) is 4.11. The summed E-state index contributed by atoms with van der Waals surface area (Å²) < 4.78 is 0. The van der Waals surface area contributed by atoms with Gasteiger partial charge in [-0.25, -0.2) is 0 Å². The molecular weight excluding hydrogens is 282 g/mol. The van der Waals surface area contributed by atoms with Crippen LogP contribution < -0.4 is 5.32 Å². The van der Waals surface area contributed by atoms with E-state index < -0.39 is 5.97 Å². The fraction of sp³-hybridized carbons (Fsp3) is 0.941. The van der Waals surface area contributed by atoms with Gasteiger partial charge in [0.25, 0.3) is 0 Å². The summed E-state index contributed by atoms with van der Waals surface area (Å²) in [5, 5.41) is 12.6. The third-order valence-electron chi connectivity index (χ3n) is 4.23. The van der Waals surface area contributed by atoms with Crippen molar-refractivity contribution in [2.75, 3.05) is 5.75 Å². The number of rotatable bonds is 12. The van der Waals surface area contributed by atoms with Crippen LogP contribution in [-0.2, 0) is 4.79 Å². The van der Waals surface area contributed by atoms with E-state index in [9.17, 15) is 4.79 Å². The molecule has 0 unspecified atom stereocenters. The van der Waals surface area contributed by atoms with Gasteiger partial charge < -0.3 is 5.11 Å². The molecule has 1 rings (SSSR count). The molecule has 2 N–H and O–H groups in total. The topological polar surface area (TPSA) is 49.3 Å². The van der Waals surface area contributed by atoms with Gasteiger partial charge in [0.15, 0.2) is 0 Å². The monoisotopic (exact) mass is 315 g/mol. The summed E-state index contributed by atoms with van der Waals surface area (Å²) in [6, 6.07) is -0.320. The number of aliphatic carboxylic acids is 1. The molecule has 3 nitrogen and oxygen atoms in total. The highest BCUT2D eigenvalue weighted by Crippen LogP contribution is 2.23. The zero-order valence-electron chi connectivity index (χ0n) is 13.6. The zero-order chi connectivity index (χ0) is 15.3. The third-order valence-corrected chi connectivity index (χ3v) is 5.48. The number of nitrogens with one attached hydrogen (secondary N) is 1. The molecule has 0 aromatic heterocycles. The second-order valence-electron chi connectivity index (χ2n) is 6.18. The van der Waals surface area contributed by atoms with Crippen LogP contribution in [0.3, 0.4) is 0 Å². The van der Waals surface area contributed by atoms with Gasteiger partial charge in [0.2, 0.25) is 0 Å². The number of thioether (sulfide) groups is 1. The van der Waals surface area contributed by atoms with E-state index in [0.29, 0.717) is 5.37 Å². The Bertz CT molecular complexity index is 274. The Kier molecular flexibility index (Phi) is 11.1. The summed E-state index contributed by atoms with van der Waals surface area (Å²) in [4.78, 5) is 11.0. The van der Waals surface area contributed by atoms with Gasteiger partial charge in [0.05, 0.1) is 5.37 Å². The Hall–Kier alpha value is -0.220. The molecule has 1 fully saturated rings. The van der Waals surface area contributed by atoms with Gasteiger partial charge in [-0.3, -0.25) is 10.1 Å². The first-order valence-corrected chi connectivity index (χ1v) is 9.89. The largest absolute Gasteiger partial charge is 0.480 e. The Balaban J connectivity index is 1.89. The van der Waals surface area contributed by atoms with Crippen LogP contribution in [0.5, 0.6) is 0 Å². The smallest absolute Gasteiger partial charge is 0.320 e. The first kappa shape index (κ1) is 18.8. The lowest BCUT2D eigenvalue weighted by atomic mass is 10.1. The Morgan fingerprint density at radius 2 is 1.62 bits per heavy atom. The van der Waals surface area contributed by atoms with Crippen molar-refractivity contribution in [3.63, 3.8) is 0 Å². The van der Waals surface area contributed by atoms with Crippen molar-refractivity contribution in [1.29, 1.82) is 0 Å². The summed E-state index contributed by atoms with van der Waals surface area (Å²) >= 11 is 1.89. The molecule has 0 amide bonds. The molecule has 2 atom stereocenters. The van der Waals surface area contributed by atoms with Crippen LogP contribution >= 0.6 is 11.8 Å². The highest BCUT2D eigenvalue weighted by atomic mass is 32.2. The van der Waals surface area contributed by atoms with Crippen molar-refractivity contribution in [3.05, 3.63) is 0 Å². The summed E-state index contributed by atoms with van der Waals surface area (Å²) in [5.74, 6) is 0.287. The summed E-state index contributed by atoms with van der Waals surface area (Å²) in [6.07, 6.45) is 15.4. The van der Waals surface area contributed by atoms with Crippen molar-refractivity contribution < 1.29 is 9.90 Å². The average molecular weight is 316 g/mol. The van der Waals surface area contributed by atoms with E-state index in [1.807, 2.05) is 11.8 Å². The van der Waals surface area contributed by atoms with Gasteiger partial charge in [0.1, 0.15) is 6.04 Å². The highest BCUT2D eigenvalue weighted by molar-refractivity contribution is 7.99. The van der Waals surface area contributed by atoms with Crippen LogP contribution in [0.15, 0.2) is 0 Å². The van der Waals surface area contributed by atoms with Gasteiger partial charge in [-0.2, -0.15) is 0 Å². The van der Waals surface area contributed by atoms with Crippen LogP contribution in [0.1, 0.15) is 84.0 Å². The van der Waals surface area contributed by atoms with E-state index in [1.165, 1.54) is 64.2 Å². The number of hydrogen-bond donors (Lipinski definition) is 2. The fourth-order valence-electron chi connectivity index (χ4n) is 2.86. The third kappa shape index (κ3) is 9.41. The molecule has 0 radical (unpaired) electrons. The van der Waals surface area contributed by atoms with Gasteiger partial charge in [-0.15, -0.1) is 11.8 Å². The van der Waals surface area contributed by atoms with Crippen molar-refractivity contribution in [2.24, 2.45) is 0 Å². The van der Waals surface area contributed by atoms with Gasteiger partial charge in [0, 0.05) is 0 Å². The van der Waals surface area contributed by atoms with Gasteiger partial charge in [-0.05, 0) is 18.6 Å². The maximum absolute atomic E-state index is 11.0. The second-order valence-corrected chi connectivity index (χ2v) is 7.49. The van der Waals surface area contributed by atoms with E-state index in [1.54, 1.807) is 0 Å². The van der Waals surface area contributed by atoms with Gasteiger partial charge in [-0.1, -0.05) is 71.1 Å². The van der Waals surface area contributed by atoms with E-state index in [0.717, 1.165) is 18.6 Å². The number of carboxylic acid groups (broad SMARTS) is 1. The summed E-state index contributed by atoms with van der Waals surface area (Å²) in [6.45, 7) is 2.26. The lowest BCUT2D eigenvalue weighted by Gasteiger charge is -2.28. The SMILES string of the molecule is CCCCCCCCCCCC[C@H]1N[C@H](C(=O)O)CCS1. The van der Waals surface area contributed by atoms with Crippen molar-refractivity contribution >= 4 is 17.7 Å². The molecule has 0 saturated carbocycles. The predicted octanol–water partition coefficient (Wildman–Crippen LogP) is 4.80. The number of hydrogen-bond acceptors (Lipinski definition) is 3. The molecule has 21 heavy (non-hydrogen) atoms. The maximum atomic E-state index is 11.0. The van der Waals surface area contributed by atoms with Crippen molar-refractivity contribution in [1.82, 2.24) is 5.32 Å². The molecule has 0 bridgehead atoms. The molecule has 0 aliphatic carbocycles. The van der Waals surface area contributed by atoms with E-state index >= 15 is 0 Å². The molecule has 1 heterocycles. The van der Waals surface area contributed by atoms with Crippen molar-refractivity contribution in [3.8, 4) is 0 Å². The van der Waals surface area contributed by atoms with Crippen LogP contribution in [0.25, 0.3) is 0 Å². The summed E-state index contributed by atoms with van der Waals surface area (Å²) in [5.41, 5.74) is 0. The molecule has 124 valence electrons. The zero-order valence-corrected chi connectivity index (χ0v) is 14.4. The highest BCUT2D eigenvalue weighted by Gasteiger charge is 2.25. The quantitative estimate of drug-likeness (QED) is 0.508. The minimum Gasteiger partial charge on any atom is -0.480 e. The van der Waals surface area contributed by atoms with E-state index in [4.69, 9.17) is 5.11 Å². The standard InChI is InChI=1S/C17H33NO2S/c1-2-3-4-5-6-7-8-9-10-11-12-16-18-15(17(19)20)13-14-21-16/h15-16,18H,2-14H2,1H3,(H,19,20)/t15-,16-/m0/s1. The average Bonchev–Trinajstić information content (AvgIpc) is 2.49. The van der Waals surface area contributed by atoms with Crippen LogP contribution in [0, 0.1) is 0 Å². The summed E-state index contributed by atoms with van der Waals surface area (Å²) in [7, 11) is 0. The first-order chi connectivity index (χ1) is 10.2. The van der Waals surface area contributed by atoms with E-state index in [2.05, 4.69) is 12.2 Å². The Morgan fingerprint density at radius 3 is 2.19 bits per heavy atom.